The smallest absolute Gasteiger partial charge is 0.267 e. The van der Waals surface area contributed by atoms with Crippen molar-refractivity contribution >= 4 is 21.9 Å². The molecular weight excluding hydrogens is 268 g/mol. The summed E-state index contributed by atoms with van der Waals surface area (Å²) in [4.78, 5) is 15.3. The molecule has 0 aromatic carbocycles. The minimum atomic E-state index is -3.77. The van der Waals surface area contributed by atoms with Crippen LogP contribution >= 0.6 is 0 Å². The Bertz CT molecular complexity index is 629. The lowest BCUT2D eigenvalue weighted by atomic mass is 10.6. The molecule has 2 aromatic rings. The zero-order valence-electron chi connectivity index (χ0n) is 10.1. The van der Waals surface area contributed by atoms with Gasteiger partial charge >= 0.3 is 0 Å². The van der Waals surface area contributed by atoms with Gasteiger partial charge in [0.2, 0.25) is 11.9 Å². The molecule has 2 heterocycles. The van der Waals surface area contributed by atoms with Gasteiger partial charge in [-0.25, -0.2) is 33.1 Å². The average Bonchev–Trinajstić information content (AvgIpc) is 2.40. The maximum Gasteiger partial charge on any atom is 0.267 e. The molecule has 0 aliphatic carbocycles. The molecule has 2 N–H and O–H groups in total. The molecule has 0 spiro atoms. The number of nitrogens with one attached hydrogen (secondary N) is 2. The normalized spacial score (nSPS) is 11.0. The lowest BCUT2D eigenvalue weighted by Crippen LogP contribution is -2.15. The molecule has 0 bridgehead atoms. The van der Waals surface area contributed by atoms with Crippen molar-refractivity contribution in [1.29, 1.82) is 0 Å². The number of nitrogens with zero attached hydrogens (tertiary/aromatic N) is 4. The number of aromatic nitrogens is 4. The second kappa shape index (κ2) is 5.57. The summed E-state index contributed by atoms with van der Waals surface area (Å²) in [5, 5.41) is 2.87. The van der Waals surface area contributed by atoms with Crippen LogP contribution in [0.15, 0.2) is 35.7 Å². The van der Waals surface area contributed by atoms with E-state index in [2.05, 4.69) is 30.0 Å². The average molecular weight is 280 g/mol. The molecule has 19 heavy (non-hydrogen) atoms. The minimum absolute atomic E-state index is 0.00161. The lowest BCUT2D eigenvalue weighted by molar-refractivity contribution is 0.600. The summed E-state index contributed by atoms with van der Waals surface area (Å²) in [5.74, 6) is 0.371. The lowest BCUT2D eigenvalue weighted by Gasteiger charge is -2.06. The number of hydrogen-bond donors (Lipinski definition) is 2. The van der Waals surface area contributed by atoms with Crippen molar-refractivity contribution in [1.82, 2.24) is 19.9 Å². The van der Waals surface area contributed by atoms with Crippen molar-refractivity contribution in [2.75, 3.05) is 16.6 Å². The maximum atomic E-state index is 12.0. The fraction of sp³-hybridized carbons (Fsp3) is 0.200. The van der Waals surface area contributed by atoms with Crippen molar-refractivity contribution in [3.05, 3.63) is 30.9 Å². The first-order valence-electron chi connectivity index (χ1n) is 5.47. The molecule has 0 atom stereocenters. The molecule has 8 nitrogen and oxygen atoms in total. The van der Waals surface area contributed by atoms with E-state index in [1.165, 1.54) is 24.8 Å². The molecule has 0 radical (unpaired) electrons. The first-order valence-corrected chi connectivity index (χ1v) is 6.96. The van der Waals surface area contributed by atoms with Crippen LogP contribution in [-0.2, 0) is 10.0 Å². The third kappa shape index (κ3) is 3.35. The van der Waals surface area contributed by atoms with Gasteiger partial charge in [-0.05, 0) is 13.0 Å². The van der Waals surface area contributed by atoms with E-state index in [1.807, 2.05) is 6.92 Å². The van der Waals surface area contributed by atoms with Gasteiger partial charge in [-0.3, -0.25) is 0 Å². The fourth-order valence-electron chi connectivity index (χ4n) is 1.24. The van der Waals surface area contributed by atoms with E-state index in [0.717, 1.165) is 0 Å². The molecule has 0 saturated heterocycles. The van der Waals surface area contributed by atoms with Crippen LogP contribution in [0.3, 0.4) is 0 Å². The maximum absolute atomic E-state index is 12.0. The van der Waals surface area contributed by atoms with Crippen LogP contribution < -0.4 is 10.0 Å². The Balaban J connectivity index is 2.20. The number of hydrogen-bond acceptors (Lipinski definition) is 7. The van der Waals surface area contributed by atoms with Crippen molar-refractivity contribution < 1.29 is 8.42 Å². The standard InChI is InChI=1S/C10H12N6O2S/c1-2-11-9-14-6-8(7-15-9)19(17,18)16-10-12-4-3-5-13-10/h3-7H,2H2,1H3,(H,11,14,15)(H,12,13,16). The van der Waals surface area contributed by atoms with Crippen LogP contribution in [0.25, 0.3) is 0 Å². The Kier molecular flexibility index (Phi) is 3.85. The Morgan fingerprint density at radius 1 is 1.05 bits per heavy atom. The van der Waals surface area contributed by atoms with Gasteiger partial charge in [0.05, 0.1) is 12.4 Å². The zero-order valence-corrected chi connectivity index (χ0v) is 10.9. The Morgan fingerprint density at radius 2 is 1.68 bits per heavy atom. The monoisotopic (exact) mass is 280 g/mol. The minimum Gasteiger partial charge on any atom is -0.355 e. The van der Waals surface area contributed by atoms with Crippen molar-refractivity contribution in [2.45, 2.75) is 11.8 Å². The summed E-state index contributed by atoms with van der Waals surface area (Å²) in [6.45, 7) is 2.55. The fourth-order valence-corrected chi connectivity index (χ4v) is 2.08. The zero-order chi connectivity index (χ0) is 13.7. The molecule has 2 rings (SSSR count). The van der Waals surface area contributed by atoms with E-state index in [4.69, 9.17) is 0 Å². The highest BCUT2D eigenvalue weighted by Gasteiger charge is 2.16. The number of rotatable bonds is 5. The first-order chi connectivity index (χ1) is 9.12. The van der Waals surface area contributed by atoms with Crippen LogP contribution in [0.4, 0.5) is 11.9 Å². The van der Waals surface area contributed by atoms with Gasteiger partial charge < -0.3 is 5.32 Å². The third-order valence-electron chi connectivity index (χ3n) is 2.06. The van der Waals surface area contributed by atoms with Crippen LogP contribution in [0.2, 0.25) is 0 Å². The van der Waals surface area contributed by atoms with Crippen molar-refractivity contribution in [3.63, 3.8) is 0 Å². The van der Waals surface area contributed by atoms with Gasteiger partial charge in [-0.1, -0.05) is 0 Å². The van der Waals surface area contributed by atoms with Gasteiger partial charge in [0.25, 0.3) is 10.0 Å². The molecule has 0 fully saturated rings. The highest BCUT2D eigenvalue weighted by Crippen LogP contribution is 2.11. The Morgan fingerprint density at radius 3 is 2.26 bits per heavy atom. The molecule has 2 aromatic heterocycles. The van der Waals surface area contributed by atoms with Crippen LogP contribution in [0.5, 0.6) is 0 Å². The quantitative estimate of drug-likeness (QED) is 0.820. The third-order valence-corrected chi connectivity index (χ3v) is 3.35. The van der Waals surface area contributed by atoms with E-state index in [-0.39, 0.29) is 10.8 Å². The van der Waals surface area contributed by atoms with Crippen LogP contribution in [0, 0.1) is 0 Å². The van der Waals surface area contributed by atoms with Gasteiger partial charge in [-0.2, -0.15) is 0 Å². The summed E-state index contributed by atoms with van der Waals surface area (Å²) in [6.07, 6.45) is 5.32. The molecule has 0 unspecified atom stereocenters. The predicted octanol–water partition coefficient (Wildman–Crippen LogP) is 0.499. The SMILES string of the molecule is CCNc1ncc(S(=O)(=O)Nc2ncccn2)cn1. The summed E-state index contributed by atoms with van der Waals surface area (Å²) in [6, 6.07) is 1.59. The van der Waals surface area contributed by atoms with Crippen LogP contribution in [-0.4, -0.2) is 34.9 Å². The summed E-state index contributed by atoms with van der Waals surface area (Å²) in [5.41, 5.74) is 0. The molecule has 9 heteroatoms. The molecule has 0 amide bonds. The van der Waals surface area contributed by atoms with Crippen molar-refractivity contribution in [3.8, 4) is 0 Å². The molecule has 100 valence electrons. The molecular formula is C10H12N6O2S. The molecule has 0 aliphatic heterocycles. The largest absolute Gasteiger partial charge is 0.355 e. The van der Waals surface area contributed by atoms with E-state index in [1.54, 1.807) is 6.07 Å². The summed E-state index contributed by atoms with van der Waals surface area (Å²) in [7, 11) is -3.77. The summed E-state index contributed by atoms with van der Waals surface area (Å²) < 4.78 is 26.2. The number of anilines is 2. The van der Waals surface area contributed by atoms with E-state index in [9.17, 15) is 8.42 Å². The summed E-state index contributed by atoms with van der Waals surface area (Å²) >= 11 is 0. The molecule has 0 saturated carbocycles. The second-order valence-electron chi connectivity index (χ2n) is 3.45. The number of sulfonamides is 1. The van der Waals surface area contributed by atoms with E-state index >= 15 is 0 Å². The van der Waals surface area contributed by atoms with E-state index < -0.39 is 10.0 Å². The first kappa shape index (κ1) is 13.1. The predicted molar refractivity (Wildman–Crippen MR) is 69.0 cm³/mol. The van der Waals surface area contributed by atoms with Gasteiger partial charge in [0.1, 0.15) is 4.90 Å². The van der Waals surface area contributed by atoms with Crippen LogP contribution in [0.1, 0.15) is 6.92 Å². The van der Waals surface area contributed by atoms with Gasteiger partial charge in [0, 0.05) is 18.9 Å². The molecule has 0 aliphatic rings. The second-order valence-corrected chi connectivity index (χ2v) is 5.13. The Labute approximate surface area is 110 Å². The topological polar surface area (TPSA) is 110 Å². The van der Waals surface area contributed by atoms with E-state index in [0.29, 0.717) is 12.5 Å². The highest BCUT2D eigenvalue weighted by molar-refractivity contribution is 7.92. The Hall–Kier alpha value is -2.29. The van der Waals surface area contributed by atoms with Gasteiger partial charge in [-0.15, -0.1) is 0 Å². The highest BCUT2D eigenvalue weighted by atomic mass is 32.2. The van der Waals surface area contributed by atoms with Crippen molar-refractivity contribution in [2.24, 2.45) is 0 Å². The van der Waals surface area contributed by atoms with Gasteiger partial charge in [0.15, 0.2) is 0 Å².